The van der Waals surface area contributed by atoms with Crippen LogP contribution >= 0.6 is 0 Å². The van der Waals surface area contributed by atoms with Crippen molar-refractivity contribution < 1.29 is 14.3 Å². The van der Waals surface area contributed by atoms with Gasteiger partial charge in [-0.25, -0.2) is 4.79 Å². The van der Waals surface area contributed by atoms with E-state index in [9.17, 15) is 9.59 Å². The molecule has 0 aliphatic carbocycles. The molecule has 0 radical (unpaired) electrons. The maximum atomic E-state index is 12.8. The fourth-order valence-corrected chi connectivity index (χ4v) is 5.26. The van der Waals surface area contributed by atoms with E-state index in [0.29, 0.717) is 13.0 Å². The molecular formula is C28H38N4O3. The van der Waals surface area contributed by atoms with E-state index in [0.717, 1.165) is 62.3 Å². The summed E-state index contributed by atoms with van der Waals surface area (Å²) in [5, 5.41) is 3.16. The molecule has 2 aromatic carbocycles. The quantitative estimate of drug-likeness (QED) is 0.625. The number of rotatable bonds is 8. The smallest absolute Gasteiger partial charge is 0.317 e. The number of piperidine rings is 1. The van der Waals surface area contributed by atoms with E-state index in [4.69, 9.17) is 4.74 Å². The van der Waals surface area contributed by atoms with Gasteiger partial charge >= 0.3 is 6.03 Å². The summed E-state index contributed by atoms with van der Waals surface area (Å²) in [5.41, 5.74) is 2.37. The minimum atomic E-state index is -0.0714. The standard InChI is InChI=1S/C28H38N4O3/c1-30(2)27(34)29-25(23-7-5-4-6-8-23)13-16-31-17-14-28(15-18-31)19-26(33)32(21-28)20-22-9-11-24(35-3)12-10-22/h4-12,25H,13-21H2,1-3H3,(H,29,34). The number of hydrogen-bond acceptors (Lipinski definition) is 4. The Bertz CT molecular complexity index is 985. The molecule has 1 spiro atoms. The lowest BCUT2D eigenvalue weighted by molar-refractivity contribution is -0.128. The minimum absolute atomic E-state index is 0.0185. The molecule has 2 saturated heterocycles. The summed E-state index contributed by atoms with van der Waals surface area (Å²) in [6, 6.07) is 18.1. The Morgan fingerprint density at radius 2 is 1.77 bits per heavy atom. The first-order valence-electron chi connectivity index (χ1n) is 12.5. The van der Waals surface area contributed by atoms with Crippen LogP contribution in [0.5, 0.6) is 5.75 Å². The SMILES string of the molecule is COc1ccc(CN2CC3(CCN(CCC(NC(=O)N(C)C)c4ccccc4)CC3)CC2=O)cc1. The Hall–Kier alpha value is -3.06. The second kappa shape index (κ2) is 11.1. The summed E-state index contributed by atoms with van der Waals surface area (Å²) in [7, 11) is 5.20. The predicted octanol–water partition coefficient (Wildman–Crippen LogP) is 3.91. The van der Waals surface area contributed by atoms with E-state index in [1.165, 1.54) is 0 Å². The van der Waals surface area contributed by atoms with Crippen molar-refractivity contribution in [1.82, 2.24) is 20.0 Å². The summed E-state index contributed by atoms with van der Waals surface area (Å²) in [6.07, 6.45) is 3.59. The van der Waals surface area contributed by atoms with E-state index in [2.05, 4.69) is 22.3 Å². The zero-order valence-electron chi connectivity index (χ0n) is 21.2. The molecule has 1 N–H and O–H groups in total. The molecule has 2 fully saturated rings. The van der Waals surface area contributed by atoms with Gasteiger partial charge in [-0.05, 0) is 61.0 Å². The van der Waals surface area contributed by atoms with Crippen LogP contribution in [-0.4, -0.2) is 74.0 Å². The molecule has 7 nitrogen and oxygen atoms in total. The third-order valence-electron chi connectivity index (χ3n) is 7.49. The Morgan fingerprint density at radius 3 is 2.40 bits per heavy atom. The largest absolute Gasteiger partial charge is 0.497 e. The third-order valence-corrected chi connectivity index (χ3v) is 7.49. The van der Waals surface area contributed by atoms with Gasteiger partial charge in [-0.15, -0.1) is 0 Å². The molecule has 2 aliphatic rings. The first-order chi connectivity index (χ1) is 16.9. The van der Waals surface area contributed by atoms with Gasteiger partial charge in [0.15, 0.2) is 0 Å². The topological polar surface area (TPSA) is 65.1 Å². The van der Waals surface area contributed by atoms with Gasteiger partial charge in [0.1, 0.15) is 5.75 Å². The van der Waals surface area contributed by atoms with Gasteiger partial charge in [-0.1, -0.05) is 42.5 Å². The molecule has 0 saturated carbocycles. The van der Waals surface area contributed by atoms with E-state index >= 15 is 0 Å². The first-order valence-corrected chi connectivity index (χ1v) is 12.5. The van der Waals surface area contributed by atoms with Crippen LogP contribution in [-0.2, 0) is 11.3 Å². The number of hydrogen-bond donors (Lipinski definition) is 1. The van der Waals surface area contributed by atoms with E-state index in [1.54, 1.807) is 26.1 Å². The number of likely N-dealkylation sites (tertiary alicyclic amines) is 2. The molecule has 7 heteroatoms. The molecule has 35 heavy (non-hydrogen) atoms. The van der Waals surface area contributed by atoms with Crippen LogP contribution in [0.25, 0.3) is 0 Å². The Kier molecular flexibility index (Phi) is 7.96. The van der Waals surface area contributed by atoms with Crippen LogP contribution in [0.2, 0.25) is 0 Å². The van der Waals surface area contributed by atoms with E-state index in [-0.39, 0.29) is 23.4 Å². The van der Waals surface area contributed by atoms with Crippen LogP contribution in [0.4, 0.5) is 4.79 Å². The lowest BCUT2D eigenvalue weighted by atomic mass is 9.77. The van der Waals surface area contributed by atoms with Gasteiger partial charge in [0.05, 0.1) is 13.2 Å². The monoisotopic (exact) mass is 478 g/mol. The van der Waals surface area contributed by atoms with Crippen LogP contribution in [0.15, 0.2) is 54.6 Å². The van der Waals surface area contributed by atoms with Crippen molar-refractivity contribution in [3.05, 3.63) is 65.7 Å². The lowest BCUT2D eigenvalue weighted by Gasteiger charge is -2.39. The van der Waals surface area contributed by atoms with Crippen molar-refractivity contribution in [2.24, 2.45) is 5.41 Å². The number of carbonyl (C=O) groups excluding carboxylic acids is 2. The number of nitrogens with one attached hydrogen (secondary N) is 1. The first kappa shape index (κ1) is 25.0. The Morgan fingerprint density at radius 1 is 1.09 bits per heavy atom. The summed E-state index contributed by atoms with van der Waals surface area (Å²) >= 11 is 0. The highest BCUT2D eigenvalue weighted by Crippen LogP contribution is 2.41. The van der Waals surface area contributed by atoms with Crippen LogP contribution in [0, 0.1) is 5.41 Å². The lowest BCUT2D eigenvalue weighted by Crippen LogP contribution is -2.43. The Labute approximate surface area is 209 Å². The fourth-order valence-electron chi connectivity index (χ4n) is 5.26. The van der Waals surface area contributed by atoms with Crippen LogP contribution < -0.4 is 10.1 Å². The average Bonchev–Trinajstić information content (AvgIpc) is 3.17. The molecule has 2 aromatic rings. The van der Waals surface area contributed by atoms with Gasteiger partial charge < -0.3 is 24.8 Å². The zero-order chi connectivity index (χ0) is 24.8. The van der Waals surface area contributed by atoms with Gasteiger partial charge in [-0.3, -0.25) is 4.79 Å². The maximum Gasteiger partial charge on any atom is 0.317 e. The molecule has 1 atom stereocenters. The second-order valence-corrected chi connectivity index (χ2v) is 10.2. The van der Waals surface area contributed by atoms with E-state index in [1.807, 2.05) is 47.4 Å². The van der Waals surface area contributed by atoms with E-state index < -0.39 is 0 Å². The summed E-state index contributed by atoms with van der Waals surface area (Å²) < 4.78 is 5.24. The van der Waals surface area contributed by atoms with Crippen molar-refractivity contribution >= 4 is 11.9 Å². The number of methoxy groups -OCH3 is 1. The summed E-state index contributed by atoms with van der Waals surface area (Å²) in [6.45, 7) is 4.42. The van der Waals surface area contributed by atoms with Crippen molar-refractivity contribution in [3.63, 3.8) is 0 Å². The third kappa shape index (κ3) is 6.34. The van der Waals surface area contributed by atoms with Gasteiger partial charge in [0.2, 0.25) is 5.91 Å². The molecular weight excluding hydrogens is 440 g/mol. The zero-order valence-corrected chi connectivity index (χ0v) is 21.2. The summed E-state index contributed by atoms with van der Waals surface area (Å²) in [4.78, 5) is 31.3. The Balaban J connectivity index is 1.29. The highest BCUT2D eigenvalue weighted by molar-refractivity contribution is 5.79. The average molecular weight is 479 g/mol. The van der Waals surface area contributed by atoms with Gasteiger partial charge in [0.25, 0.3) is 0 Å². The normalized spacial score (nSPS) is 18.5. The van der Waals surface area contributed by atoms with Gasteiger partial charge in [0, 0.05) is 40.2 Å². The number of benzene rings is 2. The van der Waals surface area contributed by atoms with Crippen LogP contribution in [0.1, 0.15) is 42.9 Å². The molecule has 0 aromatic heterocycles. The number of ether oxygens (including phenoxy) is 1. The second-order valence-electron chi connectivity index (χ2n) is 10.2. The number of carbonyl (C=O) groups is 2. The molecule has 188 valence electrons. The maximum absolute atomic E-state index is 12.8. The molecule has 3 amide bonds. The number of nitrogens with zero attached hydrogens (tertiary/aromatic N) is 3. The predicted molar refractivity (Wildman–Crippen MR) is 137 cm³/mol. The summed E-state index contributed by atoms with van der Waals surface area (Å²) in [5.74, 6) is 1.10. The van der Waals surface area contributed by atoms with Crippen LogP contribution in [0.3, 0.4) is 0 Å². The van der Waals surface area contributed by atoms with Crippen molar-refractivity contribution in [2.75, 3.05) is 47.4 Å². The minimum Gasteiger partial charge on any atom is -0.497 e. The van der Waals surface area contributed by atoms with Crippen molar-refractivity contribution in [1.29, 1.82) is 0 Å². The highest BCUT2D eigenvalue weighted by atomic mass is 16.5. The molecule has 4 rings (SSSR count). The molecule has 2 heterocycles. The number of urea groups is 1. The highest BCUT2D eigenvalue weighted by Gasteiger charge is 2.44. The molecule has 0 bridgehead atoms. The van der Waals surface area contributed by atoms with Gasteiger partial charge in [-0.2, -0.15) is 0 Å². The molecule has 1 unspecified atom stereocenters. The van der Waals surface area contributed by atoms with Crippen molar-refractivity contribution in [2.45, 2.75) is 38.3 Å². The molecule has 2 aliphatic heterocycles. The number of amides is 3. The van der Waals surface area contributed by atoms with Crippen molar-refractivity contribution in [3.8, 4) is 5.75 Å². The fraction of sp³-hybridized carbons (Fsp3) is 0.500.